The van der Waals surface area contributed by atoms with Crippen molar-refractivity contribution < 1.29 is 0 Å². The molecule has 4 rings (SSSR count). The molecule has 0 bridgehead atoms. The number of H-pyrrole nitrogens is 1. The Bertz CT molecular complexity index is 725. The van der Waals surface area contributed by atoms with E-state index in [0.717, 1.165) is 50.7 Å². The van der Waals surface area contributed by atoms with Gasteiger partial charge in [0.25, 0.3) is 0 Å². The van der Waals surface area contributed by atoms with Crippen molar-refractivity contribution in [3.05, 3.63) is 36.9 Å². The fourth-order valence-corrected chi connectivity index (χ4v) is 2.97. The largest absolute Gasteiger partial charge is 0.339 e. The highest BCUT2D eigenvalue weighted by Crippen LogP contribution is 2.13. The van der Waals surface area contributed by atoms with Crippen LogP contribution in [0.1, 0.15) is 0 Å². The summed E-state index contributed by atoms with van der Waals surface area (Å²) in [6, 6.07) is 8.28. The molecule has 0 radical (unpaired) electrons. The van der Waals surface area contributed by atoms with Crippen LogP contribution in [-0.2, 0) is 6.54 Å². The van der Waals surface area contributed by atoms with Crippen LogP contribution in [0.2, 0.25) is 0 Å². The molecule has 1 aromatic carbocycles. The Balaban J connectivity index is 1.34. The first kappa shape index (κ1) is 13.3. The van der Waals surface area contributed by atoms with E-state index in [9.17, 15) is 0 Å². The second-order valence-electron chi connectivity index (χ2n) is 5.56. The fraction of sp³-hybridized carbons (Fsp3) is 0.400. The molecule has 1 N–H and O–H groups in total. The number of aromatic amines is 1. The average molecular weight is 297 g/mol. The number of hydrogen-bond donors (Lipinski definition) is 1. The number of imidazole rings is 1. The van der Waals surface area contributed by atoms with Crippen LogP contribution in [0.25, 0.3) is 11.0 Å². The third kappa shape index (κ3) is 2.55. The fourth-order valence-electron chi connectivity index (χ4n) is 2.97. The molecule has 3 heterocycles. The maximum absolute atomic E-state index is 4.45. The molecule has 2 aromatic heterocycles. The van der Waals surface area contributed by atoms with Gasteiger partial charge in [0.1, 0.15) is 6.33 Å². The zero-order valence-corrected chi connectivity index (χ0v) is 12.4. The molecule has 3 aromatic rings. The van der Waals surface area contributed by atoms with E-state index in [1.54, 1.807) is 6.33 Å². The Hall–Kier alpha value is -2.41. The van der Waals surface area contributed by atoms with Gasteiger partial charge in [-0.3, -0.25) is 4.90 Å². The van der Waals surface area contributed by atoms with Gasteiger partial charge in [-0.25, -0.2) is 10.1 Å². The molecular weight excluding hydrogens is 278 g/mol. The summed E-state index contributed by atoms with van der Waals surface area (Å²) < 4.78 is 2.23. The second kappa shape index (κ2) is 5.76. The summed E-state index contributed by atoms with van der Waals surface area (Å²) in [6.07, 6.45) is 3.50. The molecule has 1 fully saturated rings. The number of piperazine rings is 1. The number of nitrogens with one attached hydrogen (secondary N) is 1. The van der Waals surface area contributed by atoms with Crippen molar-refractivity contribution in [3.63, 3.8) is 0 Å². The van der Waals surface area contributed by atoms with Crippen molar-refractivity contribution in [2.24, 2.45) is 0 Å². The summed E-state index contributed by atoms with van der Waals surface area (Å²) in [4.78, 5) is 13.4. The van der Waals surface area contributed by atoms with Gasteiger partial charge >= 0.3 is 0 Å². The van der Waals surface area contributed by atoms with E-state index < -0.39 is 0 Å². The van der Waals surface area contributed by atoms with Crippen molar-refractivity contribution in [2.45, 2.75) is 6.54 Å². The number of para-hydroxylation sites is 2. The molecule has 1 saturated heterocycles. The lowest BCUT2D eigenvalue weighted by atomic mass is 10.3. The van der Waals surface area contributed by atoms with E-state index in [0.29, 0.717) is 0 Å². The van der Waals surface area contributed by atoms with Gasteiger partial charge in [0.05, 0.1) is 17.4 Å². The molecule has 0 saturated carbocycles. The summed E-state index contributed by atoms with van der Waals surface area (Å²) in [5.74, 6) is 0.875. The first-order chi connectivity index (χ1) is 10.9. The monoisotopic (exact) mass is 297 g/mol. The maximum atomic E-state index is 4.45. The molecule has 22 heavy (non-hydrogen) atoms. The second-order valence-corrected chi connectivity index (χ2v) is 5.56. The van der Waals surface area contributed by atoms with Crippen molar-refractivity contribution in [2.75, 3.05) is 37.6 Å². The predicted molar refractivity (Wildman–Crippen MR) is 84.8 cm³/mol. The minimum atomic E-state index is 0.875. The third-order valence-corrected chi connectivity index (χ3v) is 4.26. The summed E-state index contributed by atoms with van der Waals surface area (Å²) in [6.45, 7) is 6.09. The van der Waals surface area contributed by atoms with Gasteiger partial charge < -0.3 is 9.47 Å². The maximum Gasteiger partial charge on any atom is 0.221 e. The van der Waals surface area contributed by atoms with Crippen LogP contribution in [-0.4, -0.2) is 62.4 Å². The van der Waals surface area contributed by atoms with E-state index in [2.05, 4.69) is 52.7 Å². The molecule has 1 aliphatic heterocycles. The molecule has 114 valence electrons. The Morgan fingerprint density at radius 3 is 2.68 bits per heavy atom. The Morgan fingerprint density at radius 2 is 1.86 bits per heavy atom. The van der Waals surface area contributed by atoms with E-state index in [1.807, 2.05) is 12.4 Å². The number of nitrogens with zero attached hydrogens (tertiary/aromatic N) is 6. The van der Waals surface area contributed by atoms with Crippen LogP contribution in [0.4, 0.5) is 5.95 Å². The Labute approximate surface area is 128 Å². The third-order valence-electron chi connectivity index (χ3n) is 4.26. The van der Waals surface area contributed by atoms with Gasteiger partial charge in [0, 0.05) is 39.3 Å². The van der Waals surface area contributed by atoms with Crippen molar-refractivity contribution in [1.82, 2.24) is 29.6 Å². The Morgan fingerprint density at radius 1 is 1.00 bits per heavy atom. The number of anilines is 1. The number of fused-ring (bicyclic) bond motifs is 1. The predicted octanol–water partition coefficient (Wildman–Crippen LogP) is 0.977. The number of rotatable bonds is 4. The topological polar surface area (TPSA) is 65.9 Å². The lowest BCUT2D eigenvalue weighted by molar-refractivity contribution is 0.248. The normalized spacial score (nSPS) is 16.5. The molecule has 0 aliphatic carbocycles. The quantitative estimate of drug-likeness (QED) is 0.777. The molecule has 1 aliphatic rings. The zero-order chi connectivity index (χ0) is 14.8. The molecule has 0 atom stereocenters. The highest BCUT2D eigenvalue weighted by molar-refractivity contribution is 5.74. The van der Waals surface area contributed by atoms with Crippen LogP contribution in [0.3, 0.4) is 0 Å². The SMILES string of the molecule is c1ccc2c(c1)ncn2CCN1CCN(c2ncn[nH]2)CC1. The van der Waals surface area contributed by atoms with E-state index >= 15 is 0 Å². The number of benzene rings is 1. The number of hydrogen-bond acceptors (Lipinski definition) is 5. The van der Waals surface area contributed by atoms with Crippen molar-refractivity contribution in [1.29, 1.82) is 0 Å². The zero-order valence-electron chi connectivity index (χ0n) is 12.4. The van der Waals surface area contributed by atoms with Crippen LogP contribution < -0.4 is 4.90 Å². The summed E-state index contributed by atoms with van der Waals surface area (Å²) in [7, 11) is 0. The molecule has 0 amide bonds. The smallest absolute Gasteiger partial charge is 0.221 e. The minimum Gasteiger partial charge on any atom is -0.339 e. The number of aromatic nitrogens is 5. The van der Waals surface area contributed by atoms with E-state index in [-0.39, 0.29) is 0 Å². The van der Waals surface area contributed by atoms with Crippen LogP contribution in [0.15, 0.2) is 36.9 Å². The Kier molecular flexibility index (Phi) is 3.48. The molecular formula is C15H19N7. The van der Waals surface area contributed by atoms with Crippen molar-refractivity contribution >= 4 is 17.0 Å². The van der Waals surface area contributed by atoms with E-state index in [4.69, 9.17) is 0 Å². The van der Waals surface area contributed by atoms with Crippen LogP contribution >= 0.6 is 0 Å². The molecule has 0 spiro atoms. The van der Waals surface area contributed by atoms with Gasteiger partial charge in [-0.15, -0.1) is 0 Å². The average Bonchev–Trinajstić information content (AvgIpc) is 3.23. The van der Waals surface area contributed by atoms with Crippen molar-refractivity contribution in [3.8, 4) is 0 Å². The van der Waals surface area contributed by atoms with Gasteiger partial charge in [0.2, 0.25) is 5.95 Å². The molecule has 7 heteroatoms. The van der Waals surface area contributed by atoms with Crippen LogP contribution in [0, 0.1) is 0 Å². The highest BCUT2D eigenvalue weighted by atomic mass is 15.4. The van der Waals surface area contributed by atoms with Gasteiger partial charge in [-0.1, -0.05) is 12.1 Å². The first-order valence-electron chi connectivity index (χ1n) is 7.63. The molecule has 0 unspecified atom stereocenters. The summed E-state index contributed by atoms with van der Waals surface area (Å²) >= 11 is 0. The standard InChI is InChI=1S/C15H19N7/c1-2-4-14-13(3-1)17-12-22(14)10-7-20-5-8-21(9-6-20)15-16-11-18-19-15/h1-4,11-12H,5-10H2,(H,16,18,19). The molecule has 7 nitrogen and oxygen atoms in total. The van der Waals surface area contributed by atoms with Gasteiger partial charge in [0.15, 0.2) is 0 Å². The summed E-state index contributed by atoms with van der Waals surface area (Å²) in [5, 5.41) is 6.84. The summed E-state index contributed by atoms with van der Waals surface area (Å²) in [5.41, 5.74) is 2.28. The highest BCUT2D eigenvalue weighted by Gasteiger charge is 2.18. The lowest BCUT2D eigenvalue weighted by Gasteiger charge is -2.34. The minimum absolute atomic E-state index is 0.875. The lowest BCUT2D eigenvalue weighted by Crippen LogP contribution is -2.47. The van der Waals surface area contributed by atoms with Crippen LogP contribution in [0.5, 0.6) is 0 Å². The van der Waals surface area contributed by atoms with E-state index in [1.165, 1.54) is 5.52 Å². The van der Waals surface area contributed by atoms with Gasteiger partial charge in [-0.2, -0.15) is 10.1 Å². The first-order valence-corrected chi connectivity index (χ1v) is 7.63. The van der Waals surface area contributed by atoms with Gasteiger partial charge in [-0.05, 0) is 12.1 Å².